The topological polar surface area (TPSA) is 74.3 Å². The molecule has 1 fully saturated rings. The van der Waals surface area contributed by atoms with Crippen LogP contribution in [-0.4, -0.2) is 41.0 Å². The normalized spacial score (nSPS) is 21.6. The van der Waals surface area contributed by atoms with Crippen molar-refractivity contribution in [1.29, 1.82) is 5.26 Å². The van der Waals surface area contributed by atoms with Gasteiger partial charge in [-0.2, -0.15) is 18.4 Å². The van der Waals surface area contributed by atoms with E-state index in [4.69, 9.17) is 10.00 Å². The van der Waals surface area contributed by atoms with E-state index in [0.717, 1.165) is 18.9 Å². The highest BCUT2D eigenvalue weighted by molar-refractivity contribution is 5.55. The van der Waals surface area contributed by atoms with Crippen molar-refractivity contribution in [2.45, 2.75) is 57.0 Å². The van der Waals surface area contributed by atoms with E-state index in [1.807, 2.05) is 16.4 Å². The number of hydrogen-bond acceptors (Lipinski definition) is 5. The molecule has 0 spiro atoms. The van der Waals surface area contributed by atoms with Gasteiger partial charge in [0.05, 0.1) is 42.0 Å². The Hall–Kier alpha value is -2.57. The second kappa shape index (κ2) is 9.28. The third kappa shape index (κ3) is 4.86. The maximum absolute atomic E-state index is 13.5. The zero-order valence-electron chi connectivity index (χ0n) is 17.7. The molecule has 1 aliphatic carbocycles. The maximum atomic E-state index is 13.5. The molecular weight excluding hydrogens is 409 g/mol. The second-order valence-corrected chi connectivity index (χ2v) is 7.87. The van der Waals surface area contributed by atoms with Crippen LogP contribution in [0.25, 0.3) is 0 Å². The van der Waals surface area contributed by atoms with E-state index >= 15 is 0 Å². The van der Waals surface area contributed by atoms with Crippen LogP contribution in [0.3, 0.4) is 0 Å². The van der Waals surface area contributed by atoms with Gasteiger partial charge in [0.2, 0.25) is 0 Å². The van der Waals surface area contributed by atoms with Crippen molar-refractivity contribution in [3.63, 3.8) is 0 Å². The third-order valence-electron chi connectivity index (χ3n) is 5.97. The Labute approximate surface area is 179 Å². The summed E-state index contributed by atoms with van der Waals surface area (Å²) in [5.74, 6) is 0. The van der Waals surface area contributed by atoms with Gasteiger partial charge in [0.15, 0.2) is 0 Å². The molecular formula is C22H27F3N4O2. The molecule has 3 rings (SSSR count). The number of ether oxygens (including phenoxy) is 1. The van der Waals surface area contributed by atoms with Crippen LogP contribution in [0.15, 0.2) is 30.7 Å². The summed E-state index contributed by atoms with van der Waals surface area (Å²) in [7, 11) is 1.61. The zero-order chi connectivity index (χ0) is 22.6. The van der Waals surface area contributed by atoms with E-state index in [0.29, 0.717) is 43.9 Å². The first kappa shape index (κ1) is 23.1. The molecule has 0 bridgehead atoms. The van der Waals surface area contributed by atoms with Crippen molar-refractivity contribution >= 4 is 5.69 Å². The number of anilines is 1. The molecule has 1 aromatic heterocycles. The van der Waals surface area contributed by atoms with Crippen LogP contribution < -0.4 is 4.90 Å². The van der Waals surface area contributed by atoms with Gasteiger partial charge >= 0.3 is 6.18 Å². The summed E-state index contributed by atoms with van der Waals surface area (Å²) < 4.78 is 47.3. The molecule has 2 unspecified atom stereocenters. The third-order valence-corrected chi connectivity index (χ3v) is 5.97. The number of rotatable bonds is 7. The van der Waals surface area contributed by atoms with E-state index in [2.05, 4.69) is 4.98 Å². The number of nitriles is 1. The lowest BCUT2D eigenvalue weighted by atomic mass is 9.79. The quantitative estimate of drug-likeness (QED) is 0.708. The first-order chi connectivity index (χ1) is 14.7. The highest BCUT2D eigenvalue weighted by Crippen LogP contribution is 2.41. The zero-order valence-corrected chi connectivity index (χ0v) is 17.7. The van der Waals surface area contributed by atoms with Crippen LogP contribution >= 0.6 is 0 Å². The first-order valence-corrected chi connectivity index (χ1v) is 10.3. The van der Waals surface area contributed by atoms with Crippen LogP contribution in [0.1, 0.15) is 49.4 Å². The van der Waals surface area contributed by atoms with Crippen LogP contribution in [0.4, 0.5) is 18.9 Å². The monoisotopic (exact) mass is 436 g/mol. The van der Waals surface area contributed by atoms with Crippen LogP contribution in [-0.2, 0) is 23.1 Å². The fraction of sp³-hybridized carbons (Fsp3) is 0.545. The summed E-state index contributed by atoms with van der Waals surface area (Å²) in [5, 5.41) is 20.6. The molecule has 9 heteroatoms. The van der Waals surface area contributed by atoms with Gasteiger partial charge in [0, 0.05) is 38.3 Å². The summed E-state index contributed by atoms with van der Waals surface area (Å²) in [6, 6.07) is 5.28. The number of halogens is 3. The lowest BCUT2D eigenvalue weighted by Crippen LogP contribution is -2.45. The minimum Gasteiger partial charge on any atom is -0.383 e. The van der Waals surface area contributed by atoms with Crippen molar-refractivity contribution in [1.82, 2.24) is 9.55 Å². The standard InChI is InChI=1S/C22H27F3N4O2/c1-3-29(17-7-6-16(13-26)19(11-17)22(23,24)25)18-5-4-8-21(30,12-18)20-14-27-15-28(20)9-10-31-2/h6-7,11,14-15,18,30H,3-5,8-10,12H2,1-2H3. The number of benzene rings is 1. The number of methoxy groups -OCH3 is 1. The Bertz CT molecular complexity index is 938. The molecule has 168 valence electrons. The molecule has 2 aromatic rings. The number of imidazole rings is 1. The predicted octanol–water partition coefficient (Wildman–Crippen LogP) is 4.08. The van der Waals surface area contributed by atoms with Gasteiger partial charge in [-0.3, -0.25) is 0 Å². The number of aliphatic hydroxyl groups is 1. The fourth-order valence-electron chi connectivity index (χ4n) is 4.49. The van der Waals surface area contributed by atoms with Crippen molar-refractivity contribution in [3.8, 4) is 6.07 Å². The molecule has 0 amide bonds. The van der Waals surface area contributed by atoms with Crippen molar-refractivity contribution in [2.75, 3.05) is 25.2 Å². The molecule has 0 aliphatic heterocycles. The fourth-order valence-corrected chi connectivity index (χ4v) is 4.49. The highest BCUT2D eigenvalue weighted by Gasteiger charge is 2.41. The van der Waals surface area contributed by atoms with Gasteiger partial charge in [-0.15, -0.1) is 0 Å². The molecule has 1 heterocycles. The number of nitrogens with zero attached hydrogens (tertiary/aromatic N) is 4. The summed E-state index contributed by atoms with van der Waals surface area (Å²) in [5.41, 5.74) is -1.36. The Morgan fingerprint density at radius 1 is 1.42 bits per heavy atom. The molecule has 1 aliphatic rings. The van der Waals surface area contributed by atoms with Gasteiger partial charge in [0.1, 0.15) is 5.60 Å². The summed E-state index contributed by atoms with van der Waals surface area (Å²) in [4.78, 5) is 6.06. The summed E-state index contributed by atoms with van der Waals surface area (Å²) >= 11 is 0. The van der Waals surface area contributed by atoms with Gasteiger partial charge in [-0.1, -0.05) is 0 Å². The lowest BCUT2D eigenvalue weighted by molar-refractivity contribution is -0.137. The minimum atomic E-state index is -4.61. The van der Waals surface area contributed by atoms with Gasteiger partial charge in [-0.05, 0) is 44.4 Å². The van der Waals surface area contributed by atoms with Crippen molar-refractivity contribution < 1.29 is 23.0 Å². The molecule has 1 N–H and O–H groups in total. The van der Waals surface area contributed by atoms with Crippen molar-refractivity contribution in [2.24, 2.45) is 0 Å². The molecule has 2 atom stereocenters. The summed E-state index contributed by atoms with van der Waals surface area (Å²) in [6.45, 7) is 3.39. The van der Waals surface area contributed by atoms with Crippen LogP contribution in [0.5, 0.6) is 0 Å². The maximum Gasteiger partial charge on any atom is 0.417 e. The van der Waals surface area contributed by atoms with Gasteiger partial charge < -0.3 is 19.3 Å². The smallest absolute Gasteiger partial charge is 0.383 e. The van der Waals surface area contributed by atoms with E-state index in [1.54, 1.807) is 31.8 Å². The van der Waals surface area contributed by atoms with E-state index < -0.39 is 22.9 Å². The van der Waals surface area contributed by atoms with E-state index in [-0.39, 0.29) is 6.04 Å². The average molecular weight is 436 g/mol. The van der Waals surface area contributed by atoms with Gasteiger partial charge in [0.25, 0.3) is 0 Å². The number of alkyl halides is 3. The van der Waals surface area contributed by atoms with E-state index in [1.165, 1.54) is 6.07 Å². The minimum absolute atomic E-state index is 0.149. The lowest BCUT2D eigenvalue weighted by Gasteiger charge is -2.43. The van der Waals surface area contributed by atoms with Crippen LogP contribution in [0, 0.1) is 11.3 Å². The highest BCUT2D eigenvalue weighted by atomic mass is 19.4. The Morgan fingerprint density at radius 2 is 2.19 bits per heavy atom. The summed E-state index contributed by atoms with van der Waals surface area (Å²) in [6.07, 6.45) is 1.12. The second-order valence-electron chi connectivity index (χ2n) is 7.87. The molecule has 6 nitrogen and oxygen atoms in total. The molecule has 0 saturated heterocycles. The SMILES string of the molecule is CCN(c1ccc(C#N)c(C(F)(F)F)c1)C1CCCC(O)(c2cncn2CCOC)C1. The predicted molar refractivity (Wildman–Crippen MR) is 109 cm³/mol. The average Bonchev–Trinajstić information content (AvgIpc) is 3.22. The number of aromatic nitrogens is 2. The molecule has 0 radical (unpaired) electrons. The Morgan fingerprint density at radius 3 is 2.84 bits per heavy atom. The van der Waals surface area contributed by atoms with Crippen LogP contribution in [0.2, 0.25) is 0 Å². The Balaban J connectivity index is 1.90. The van der Waals surface area contributed by atoms with Crippen molar-refractivity contribution in [3.05, 3.63) is 47.5 Å². The Kier molecular flexibility index (Phi) is 6.92. The first-order valence-electron chi connectivity index (χ1n) is 10.3. The number of hydrogen-bond donors (Lipinski definition) is 1. The largest absolute Gasteiger partial charge is 0.417 e. The van der Waals surface area contributed by atoms with E-state index in [9.17, 15) is 18.3 Å². The molecule has 1 aromatic carbocycles. The molecule has 1 saturated carbocycles. The molecule has 31 heavy (non-hydrogen) atoms. The van der Waals surface area contributed by atoms with Gasteiger partial charge in [-0.25, -0.2) is 4.98 Å².